The molecule has 3 N–H and O–H groups in total. The second-order valence-corrected chi connectivity index (χ2v) is 6.92. The van der Waals surface area contributed by atoms with Gasteiger partial charge in [0.25, 0.3) is 5.91 Å². The third-order valence-electron chi connectivity index (χ3n) is 4.79. The normalized spacial score (nSPS) is 22.0. The van der Waals surface area contributed by atoms with Crippen LogP contribution in [0.5, 0.6) is 5.75 Å². The van der Waals surface area contributed by atoms with Crippen LogP contribution in [-0.4, -0.2) is 47.5 Å². The fourth-order valence-electron chi connectivity index (χ4n) is 3.40. The standard InChI is InChI=1S/C18H25N3O3/c1-12-8-17(23)21(10-12)11-14-3-2-13(9-16(14)22)18(24)20-15-4-6-19-7-5-15/h2-3,9,12,15,19,22H,4-8,10-11H2,1H3,(H,20,24). The van der Waals surface area contributed by atoms with E-state index in [-0.39, 0.29) is 23.6 Å². The Kier molecular flexibility index (Phi) is 5.04. The first-order chi connectivity index (χ1) is 11.5. The fourth-order valence-corrected chi connectivity index (χ4v) is 3.40. The van der Waals surface area contributed by atoms with Crippen LogP contribution in [0.15, 0.2) is 18.2 Å². The zero-order valence-electron chi connectivity index (χ0n) is 14.0. The number of aromatic hydroxyl groups is 1. The van der Waals surface area contributed by atoms with Crippen molar-refractivity contribution in [3.8, 4) is 5.75 Å². The third kappa shape index (κ3) is 3.87. The number of piperidine rings is 1. The number of likely N-dealkylation sites (tertiary alicyclic amines) is 1. The smallest absolute Gasteiger partial charge is 0.251 e. The molecule has 1 atom stereocenters. The molecule has 0 radical (unpaired) electrons. The van der Waals surface area contributed by atoms with Crippen molar-refractivity contribution in [2.24, 2.45) is 5.92 Å². The van der Waals surface area contributed by atoms with Crippen molar-refractivity contribution in [1.29, 1.82) is 0 Å². The van der Waals surface area contributed by atoms with E-state index in [2.05, 4.69) is 10.6 Å². The molecule has 2 amide bonds. The number of hydrogen-bond acceptors (Lipinski definition) is 4. The van der Waals surface area contributed by atoms with Gasteiger partial charge in [-0.05, 0) is 44.0 Å². The highest BCUT2D eigenvalue weighted by atomic mass is 16.3. The van der Waals surface area contributed by atoms with Crippen molar-refractivity contribution in [2.45, 2.75) is 38.8 Å². The largest absolute Gasteiger partial charge is 0.508 e. The van der Waals surface area contributed by atoms with Crippen molar-refractivity contribution in [3.05, 3.63) is 29.3 Å². The summed E-state index contributed by atoms with van der Waals surface area (Å²) in [6, 6.07) is 5.14. The summed E-state index contributed by atoms with van der Waals surface area (Å²) >= 11 is 0. The number of nitrogens with zero attached hydrogens (tertiary/aromatic N) is 1. The number of phenolic OH excluding ortho intramolecular Hbond substituents is 1. The van der Waals surface area contributed by atoms with Gasteiger partial charge in [-0.2, -0.15) is 0 Å². The van der Waals surface area contributed by atoms with Gasteiger partial charge in [0.1, 0.15) is 5.75 Å². The lowest BCUT2D eigenvalue weighted by Gasteiger charge is -2.23. The van der Waals surface area contributed by atoms with Crippen molar-refractivity contribution < 1.29 is 14.7 Å². The predicted molar refractivity (Wildman–Crippen MR) is 90.7 cm³/mol. The van der Waals surface area contributed by atoms with Gasteiger partial charge in [-0.3, -0.25) is 9.59 Å². The van der Waals surface area contributed by atoms with E-state index in [0.29, 0.717) is 30.0 Å². The molecule has 0 saturated carbocycles. The minimum atomic E-state index is -0.158. The highest BCUT2D eigenvalue weighted by molar-refractivity contribution is 5.95. The summed E-state index contributed by atoms with van der Waals surface area (Å²) in [5, 5.41) is 16.5. The lowest BCUT2D eigenvalue weighted by molar-refractivity contribution is -0.128. The van der Waals surface area contributed by atoms with Gasteiger partial charge in [0.2, 0.25) is 5.91 Å². The van der Waals surface area contributed by atoms with Crippen LogP contribution in [0.3, 0.4) is 0 Å². The molecule has 2 aliphatic rings. The number of carbonyl (C=O) groups is 2. The lowest BCUT2D eigenvalue weighted by atomic mass is 10.0. The van der Waals surface area contributed by atoms with Crippen molar-refractivity contribution in [1.82, 2.24) is 15.5 Å². The van der Waals surface area contributed by atoms with Crippen molar-refractivity contribution >= 4 is 11.8 Å². The highest BCUT2D eigenvalue weighted by Crippen LogP contribution is 2.25. The molecule has 24 heavy (non-hydrogen) atoms. The summed E-state index contributed by atoms with van der Waals surface area (Å²) < 4.78 is 0. The van der Waals surface area contributed by atoms with E-state index in [0.717, 1.165) is 32.5 Å². The maximum absolute atomic E-state index is 12.3. The van der Waals surface area contributed by atoms with Crippen molar-refractivity contribution in [3.63, 3.8) is 0 Å². The Morgan fingerprint density at radius 2 is 2.12 bits per heavy atom. The van der Waals surface area contributed by atoms with Gasteiger partial charge in [0.05, 0.1) is 0 Å². The van der Waals surface area contributed by atoms with Gasteiger partial charge in [-0.25, -0.2) is 0 Å². The van der Waals surface area contributed by atoms with Crippen molar-refractivity contribution in [2.75, 3.05) is 19.6 Å². The van der Waals surface area contributed by atoms with Gasteiger partial charge in [-0.15, -0.1) is 0 Å². The summed E-state index contributed by atoms with van der Waals surface area (Å²) in [7, 11) is 0. The second-order valence-electron chi connectivity index (χ2n) is 6.92. The SMILES string of the molecule is CC1CC(=O)N(Cc2ccc(C(=O)NC3CCNCC3)cc2O)C1. The molecule has 0 aliphatic carbocycles. The maximum Gasteiger partial charge on any atom is 0.251 e. The molecule has 130 valence electrons. The van der Waals surface area contributed by atoms with E-state index in [9.17, 15) is 14.7 Å². The summed E-state index contributed by atoms with van der Waals surface area (Å²) in [6.07, 6.45) is 2.41. The van der Waals surface area contributed by atoms with Crippen LogP contribution < -0.4 is 10.6 Å². The van der Waals surface area contributed by atoms with Gasteiger partial charge >= 0.3 is 0 Å². The van der Waals surface area contributed by atoms with Crippen LogP contribution in [0, 0.1) is 5.92 Å². The molecule has 3 rings (SSSR count). The number of carbonyl (C=O) groups excluding carboxylic acids is 2. The fraction of sp³-hybridized carbons (Fsp3) is 0.556. The van der Waals surface area contributed by atoms with E-state index >= 15 is 0 Å². The van der Waals surface area contributed by atoms with E-state index in [1.54, 1.807) is 17.0 Å². The second kappa shape index (κ2) is 7.21. The molecular formula is C18H25N3O3. The van der Waals surface area contributed by atoms with E-state index in [1.807, 2.05) is 6.92 Å². The Hall–Kier alpha value is -2.08. The highest BCUT2D eigenvalue weighted by Gasteiger charge is 2.27. The minimum Gasteiger partial charge on any atom is -0.508 e. The van der Waals surface area contributed by atoms with E-state index in [1.165, 1.54) is 6.07 Å². The Bertz CT molecular complexity index is 626. The number of phenols is 1. The molecule has 1 aromatic rings. The Morgan fingerprint density at radius 1 is 1.38 bits per heavy atom. The summed E-state index contributed by atoms with van der Waals surface area (Å²) in [5.74, 6) is 0.388. The minimum absolute atomic E-state index is 0.0697. The molecule has 0 spiro atoms. The zero-order chi connectivity index (χ0) is 17.1. The first kappa shape index (κ1) is 16.8. The quantitative estimate of drug-likeness (QED) is 0.775. The van der Waals surface area contributed by atoms with Crippen LogP contribution in [0.4, 0.5) is 0 Å². The lowest BCUT2D eigenvalue weighted by Crippen LogP contribution is -2.42. The van der Waals surface area contributed by atoms with Crippen LogP contribution in [0.2, 0.25) is 0 Å². The average molecular weight is 331 g/mol. The molecule has 0 aromatic heterocycles. The number of amides is 2. The molecule has 2 heterocycles. The Labute approximate surface area is 142 Å². The van der Waals surface area contributed by atoms with Crippen LogP contribution >= 0.6 is 0 Å². The molecule has 2 aliphatic heterocycles. The first-order valence-corrected chi connectivity index (χ1v) is 8.64. The molecule has 2 saturated heterocycles. The molecule has 1 aromatic carbocycles. The zero-order valence-corrected chi connectivity index (χ0v) is 14.0. The van der Waals surface area contributed by atoms with E-state index in [4.69, 9.17) is 0 Å². The third-order valence-corrected chi connectivity index (χ3v) is 4.79. The topological polar surface area (TPSA) is 81.7 Å². The summed E-state index contributed by atoms with van der Waals surface area (Å²) in [6.45, 7) is 4.99. The Balaban J connectivity index is 1.63. The van der Waals surface area contributed by atoms with Crippen LogP contribution in [0.25, 0.3) is 0 Å². The monoisotopic (exact) mass is 331 g/mol. The molecule has 6 nitrogen and oxygen atoms in total. The number of rotatable bonds is 4. The summed E-state index contributed by atoms with van der Waals surface area (Å²) in [5.41, 5.74) is 1.13. The van der Waals surface area contributed by atoms with E-state index < -0.39 is 0 Å². The summed E-state index contributed by atoms with van der Waals surface area (Å²) in [4.78, 5) is 25.9. The number of benzene rings is 1. The molecule has 2 fully saturated rings. The average Bonchev–Trinajstić information content (AvgIpc) is 2.87. The van der Waals surface area contributed by atoms with Gasteiger partial charge < -0.3 is 20.6 Å². The molecule has 1 unspecified atom stereocenters. The van der Waals surface area contributed by atoms with Gasteiger partial charge in [0.15, 0.2) is 0 Å². The van der Waals surface area contributed by atoms with Gasteiger partial charge in [-0.1, -0.05) is 13.0 Å². The molecule has 6 heteroatoms. The van der Waals surface area contributed by atoms with Crippen LogP contribution in [-0.2, 0) is 11.3 Å². The maximum atomic E-state index is 12.3. The van der Waals surface area contributed by atoms with Crippen LogP contribution in [0.1, 0.15) is 42.1 Å². The molecular weight excluding hydrogens is 306 g/mol. The molecule has 0 bridgehead atoms. The number of hydrogen-bond donors (Lipinski definition) is 3. The van der Waals surface area contributed by atoms with Gasteiger partial charge in [0, 0.05) is 36.7 Å². The number of nitrogens with one attached hydrogen (secondary N) is 2. The Morgan fingerprint density at radius 3 is 2.75 bits per heavy atom. The predicted octanol–water partition coefficient (Wildman–Crippen LogP) is 1.24. The first-order valence-electron chi connectivity index (χ1n) is 8.64.